The Kier molecular flexibility index (Phi) is 5.67. The molecule has 168 valence electrons. The lowest BCUT2D eigenvalue weighted by Gasteiger charge is -2.25. The molecule has 2 atom stereocenters. The Labute approximate surface area is 189 Å². The van der Waals surface area contributed by atoms with E-state index in [2.05, 4.69) is 51.2 Å². The second-order valence-corrected chi connectivity index (χ2v) is 9.48. The predicted molar refractivity (Wildman–Crippen MR) is 125 cm³/mol. The van der Waals surface area contributed by atoms with Gasteiger partial charge in [0.1, 0.15) is 5.71 Å². The van der Waals surface area contributed by atoms with E-state index in [0.29, 0.717) is 35.1 Å². The van der Waals surface area contributed by atoms with Crippen LogP contribution in [-0.2, 0) is 11.2 Å². The molecule has 7 nitrogen and oxygen atoms in total. The SMILES string of the molecule is Cc1[nH]c(C=C2C(=O)NN=C2c2ncccn2)c(C2CC2)c1CCCN1C(C)CC[C@@H]1C. The van der Waals surface area contributed by atoms with Crippen molar-refractivity contribution in [1.82, 2.24) is 25.3 Å². The topological polar surface area (TPSA) is 86.3 Å². The van der Waals surface area contributed by atoms with Crippen LogP contribution in [0.1, 0.15) is 80.2 Å². The van der Waals surface area contributed by atoms with Gasteiger partial charge in [0.05, 0.1) is 5.57 Å². The summed E-state index contributed by atoms with van der Waals surface area (Å²) in [5, 5.41) is 4.20. The van der Waals surface area contributed by atoms with Crippen LogP contribution >= 0.6 is 0 Å². The van der Waals surface area contributed by atoms with E-state index in [-0.39, 0.29) is 5.91 Å². The van der Waals surface area contributed by atoms with Crippen molar-refractivity contribution in [2.24, 2.45) is 5.10 Å². The molecule has 0 aromatic carbocycles. The van der Waals surface area contributed by atoms with Crippen LogP contribution in [0.4, 0.5) is 0 Å². The van der Waals surface area contributed by atoms with Crippen LogP contribution in [0.15, 0.2) is 29.1 Å². The number of carbonyl (C=O) groups excluding carboxylic acids is 1. The number of H-pyrrole nitrogens is 1. The van der Waals surface area contributed by atoms with Gasteiger partial charge in [-0.2, -0.15) is 5.10 Å². The molecule has 0 bridgehead atoms. The van der Waals surface area contributed by atoms with Crippen LogP contribution in [0.2, 0.25) is 0 Å². The standard InChI is InChI=1S/C25H32N6O/c1-15-7-8-16(2)31(15)13-4-6-19-17(3)28-21(22(19)18-9-10-18)14-20-23(29-30-25(20)32)24-26-11-5-12-27-24/h5,11-12,14-16,18,28H,4,6-10,13H2,1-3H3,(H,30,32)/t15-,16?/m0/s1. The molecule has 1 unspecified atom stereocenters. The second kappa shape index (κ2) is 8.62. The van der Waals surface area contributed by atoms with Gasteiger partial charge in [-0.15, -0.1) is 0 Å². The quantitative estimate of drug-likeness (QED) is 0.653. The number of amides is 1. The van der Waals surface area contributed by atoms with Gasteiger partial charge in [0.15, 0.2) is 5.82 Å². The Hall–Kier alpha value is -2.80. The first-order valence-corrected chi connectivity index (χ1v) is 11.9. The van der Waals surface area contributed by atoms with Gasteiger partial charge < -0.3 is 4.98 Å². The van der Waals surface area contributed by atoms with Crippen molar-refractivity contribution < 1.29 is 4.79 Å². The molecule has 4 heterocycles. The summed E-state index contributed by atoms with van der Waals surface area (Å²) in [7, 11) is 0. The zero-order valence-corrected chi connectivity index (χ0v) is 19.2. The molecular weight excluding hydrogens is 400 g/mol. The number of hydrogen-bond donors (Lipinski definition) is 2. The number of likely N-dealkylation sites (tertiary alicyclic amines) is 1. The molecule has 0 spiro atoms. The zero-order chi connectivity index (χ0) is 22.2. The van der Waals surface area contributed by atoms with Crippen molar-refractivity contribution >= 4 is 17.7 Å². The normalized spacial score (nSPS) is 24.9. The number of aryl methyl sites for hydroxylation is 1. The molecular formula is C25H32N6O. The number of nitrogens with zero attached hydrogens (tertiary/aromatic N) is 4. The average Bonchev–Trinajstić information content (AvgIpc) is 3.40. The van der Waals surface area contributed by atoms with Gasteiger partial charge in [-0.1, -0.05) is 0 Å². The molecule has 2 N–H and O–H groups in total. The average molecular weight is 433 g/mol. The fraction of sp³-hybridized carbons (Fsp3) is 0.520. The Morgan fingerprint density at radius 1 is 1.12 bits per heavy atom. The molecule has 32 heavy (non-hydrogen) atoms. The lowest BCUT2D eigenvalue weighted by molar-refractivity contribution is -0.116. The van der Waals surface area contributed by atoms with E-state index >= 15 is 0 Å². The van der Waals surface area contributed by atoms with Gasteiger partial charge in [0.2, 0.25) is 0 Å². The first-order valence-electron chi connectivity index (χ1n) is 11.9. The molecule has 2 aromatic rings. The fourth-order valence-electron chi connectivity index (χ4n) is 5.32. The van der Waals surface area contributed by atoms with Gasteiger partial charge >= 0.3 is 0 Å². The second-order valence-electron chi connectivity index (χ2n) is 9.48. The first-order chi connectivity index (χ1) is 15.5. The Balaban J connectivity index is 1.40. The van der Waals surface area contributed by atoms with Crippen molar-refractivity contribution in [1.29, 1.82) is 0 Å². The summed E-state index contributed by atoms with van der Waals surface area (Å²) in [6, 6.07) is 3.14. The maximum absolute atomic E-state index is 12.6. The van der Waals surface area contributed by atoms with Crippen molar-refractivity contribution in [2.45, 2.75) is 77.3 Å². The van der Waals surface area contributed by atoms with Gasteiger partial charge in [0, 0.05) is 35.9 Å². The Morgan fingerprint density at radius 3 is 2.53 bits per heavy atom. The van der Waals surface area contributed by atoms with Crippen molar-refractivity contribution in [2.75, 3.05) is 6.54 Å². The van der Waals surface area contributed by atoms with Gasteiger partial charge in [-0.05, 0) is 95.0 Å². The van der Waals surface area contributed by atoms with Crippen LogP contribution in [0.5, 0.6) is 0 Å². The van der Waals surface area contributed by atoms with E-state index in [4.69, 9.17) is 0 Å². The van der Waals surface area contributed by atoms with E-state index in [0.717, 1.165) is 25.1 Å². The Morgan fingerprint density at radius 2 is 1.84 bits per heavy atom. The van der Waals surface area contributed by atoms with Crippen molar-refractivity contribution in [3.05, 3.63) is 52.4 Å². The highest BCUT2D eigenvalue weighted by Crippen LogP contribution is 2.45. The van der Waals surface area contributed by atoms with E-state index in [1.165, 1.54) is 42.5 Å². The summed E-state index contributed by atoms with van der Waals surface area (Å²) < 4.78 is 0. The molecule has 2 aliphatic heterocycles. The maximum atomic E-state index is 12.6. The number of hydrazone groups is 1. The number of carbonyl (C=O) groups is 1. The monoisotopic (exact) mass is 432 g/mol. The smallest absolute Gasteiger partial charge is 0.273 e. The summed E-state index contributed by atoms with van der Waals surface area (Å²) >= 11 is 0. The minimum atomic E-state index is -0.208. The van der Waals surface area contributed by atoms with Gasteiger partial charge in [-0.3, -0.25) is 9.69 Å². The van der Waals surface area contributed by atoms with Gasteiger partial charge in [-0.25, -0.2) is 15.4 Å². The van der Waals surface area contributed by atoms with E-state index < -0.39 is 0 Å². The number of hydrogen-bond acceptors (Lipinski definition) is 5. The third-order valence-corrected chi connectivity index (χ3v) is 7.19. The van der Waals surface area contributed by atoms with Gasteiger partial charge in [0.25, 0.3) is 5.91 Å². The third-order valence-electron chi connectivity index (χ3n) is 7.19. The Bertz CT molecular complexity index is 1060. The minimum absolute atomic E-state index is 0.208. The van der Waals surface area contributed by atoms with Crippen LogP contribution in [0.25, 0.3) is 6.08 Å². The molecule has 2 fully saturated rings. The largest absolute Gasteiger partial charge is 0.359 e. The van der Waals surface area contributed by atoms with E-state index in [1.807, 2.05) is 6.08 Å². The first kappa shape index (κ1) is 21.1. The molecule has 1 saturated heterocycles. The summed E-state index contributed by atoms with van der Waals surface area (Å²) in [5.41, 5.74) is 8.69. The zero-order valence-electron chi connectivity index (χ0n) is 19.2. The highest BCUT2D eigenvalue weighted by Gasteiger charge is 2.33. The van der Waals surface area contributed by atoms with Crippen LogP contribution in [-0.4, -0.2) is 50.1 Å². The number of nitrogens with one attached hydrogen (secondary N) is 2. The lowest BCUT2D eigenvalue weighted by atomic mass is 9.98. The summed E-state index contributed by atoms with van der Waals surface area (Å²) in [4.78, 5) is 27.4. The third kappa shape index (κ3) is 4.01. The summed E-state index contributed by atoms with van der Waals surface area (Å²) in [5.74, 6) is 0.840. The van der Waals surface area contributed by atoms with Crippen LogP contribution in [0.3, 0.4) is 0 Å². The fourth-order valence-corrected chi connectivity index (χ4v) is 5.32. The molecule has 7 heteroatoms. The number of aromatic amines is 1. The molecule has 1 saturated carbocycles. The molecule has 1 amide bonds. The highest BCUT2D eigenvalue weighted by atomic mass is 16.2. The number of aromatic nitrogens is 3. The highest BCUT2D eigenvalue weighted by molar-refractivity contribution is 6.32. The number of rotatable bonds is 7. The summed E-state index contributed by atoms with van der Waals surface area (Å²) in [6.45, 7) is 8.02. The van der Waals surface area contributed by atoms with Crippen molar-refractivity contribution in [3.8, 4) is 0 Å². The molecule has 5 rings (SSSR count). The van der Waals surface area contributed by atoms with Crippen molar-refractivity contribution in [3.63, 3.8) is 0 Å². The minimum Gasteiger partial charge on any atom is -0.359 e. The van der Waals surface area contributed by atoms with Crippen LogP contribution < -0.4 is 5.43 Å². The maximum Gasteiger partial charge on any atom is 0.273 e. The molecule has 1 aliphatic carbocycles. The van der Waals surface area contributed by atoms with E-state index in [1.54, 1.807) is 18.5 Å². The summed E-state index contributed by atoms with van der Waals surface area (Å²) in [6.07, 6.45) is 12.6. The lowest BCUT2D eigenvalue weighted by Crippen LogP contribution is -2.33. The van der Waals surface area contributed by atoms with E-state index in [9.17, 15) is 4.79 Å². The predicted octanol–water partition coefficient (Wildman–Crippen LogP) is 3.71. The molecule has 0 radical (unpaired) electrons. The van der Waals surface area contributed by atoms with Crippen LogP contribution in [0, 0.1) is 6.92 Å². The molecule has 3 aliphatic rings. The molecule has 2 aromatic heterocycles.